The molecule has 0 amide bonds. The van der Waals surface area contributed by atoms with Gasteiger partial charge in [0.05, 0.1) is 5.03 Å². The third-order valence-electron chi connectivity index (χ3n) is 2.26. The maximum absolute atomic E-state index is 10.7. The Morgan fingerprint density at radius 2 is 2.38 bits per heavy atom. The predicted octanol–water partition coefficient (Wildman–Crippen LogP) is 1.73. The molecule has 0 unspecified atom stereocenters. The molecule has 0 bridgehead atoms. The molecule has 0 fully saturated rings. The van der Waals surface area contributed by atoms with Crippen molar-refractivity contribution in [1.82, 2.24) is 0 Å². The molecule has 16 heavy (non-hydrogen) atoms. The van der Waals surface area contributed by atoms with E-state index in [2.05, 4.69) is 0 Å². The van der Waals surface area contributed by atoms with Gasteiger partial charge < -0.3 is 4.81 Å². The number of rotatable bonds is 1. The summed E-state index contributed by atoms with van der Waals surface area (Å²) in [5, 5.41) is 10.1. The molecular formula is C10H6BClN2OS. The zero-order valence-corrected chi connectivity index (χ0v) is 9.97. The molecule has 1 heterocycles. The van der Waals surface area contributed by atoms with Gasteiger partial charge in [-0.15, -0.1) is 0 Å². The van der Waals surface area contributed by atoms with Crippen LogP contribution >= 0.6 is 23.4 Å². The van der Waals surface area contributed by atoms with E-state index in [0.717, 1.165) is 10.6 Å². The van der Waals surface area contributed by atoms with Crippen LogP contribution in [0.4, 0.5) is 5.69 Å². The van der Waals surface area contributed by atoms with Crippen LogP contribution in [0.1, 0.15) is 0 Å². The number of nitrogens with zero attached hydrogens (tertiary/aromatic N) is 2. The molecule has 2 rings (SSSR count). The summed E-state index contributed by atoms with van der Waals surface area (Å²) in [5.41, 5.74) is 1.10. The number of benzene rings is 1. The molecule has 78 valence electrons. The monoisotopic (exact) mass is 248 g/mol. The van der Waals surface area contributed by atoms with Gasteiger partial charge in [-0.3, -0.25) is 4.79 Å². The van der Waals surface area contributed by atoms with Crippen LogP contribution in [-0.4, -0.2) is 14.3 Å². The Labute approximate surface area is 103 Å². The van der Waals surface area contributed by atoms with Crippen molar-refractivity contribution >= 4 is 43.3 Å². The highest BCUT2D eigenvalue weighted by molar-refractivity contribution is 8.03. The molecule has 0 aromatic heterocycles. The van der Waals surface area contributed by atoms with Crippen LogP contribution in [0.15, 0.2) is 33.7 Å². The number of thioether (sulfide) groups is 1. The second-order valence-corrected chi connectivity index (χ2v) is 4.69. The van der Waals surface area contributed by atoms with Crippen LogP contribution in [-0.2, 0) is 4.79 Å². The van der Waals surface area contributed by atoms with Gasteiger partial charge in [0.25, 0.3) is 0 Å². The number of fused-ring (bicyclic) bond motifs is 1. The number of hydrogen-bond donors (Lipinski definition) is 0. The van der Waals surface area contributed by atoms with E-state index in [1.54, 1.807) is 6.07 Å². The Kier molecular flexibility index (Phi) is 2.95. The van der Waals surface area contributed by atoms with Crippen molar-refractivity contribution < 1.29 is 4.79 Å². The van der Waals surface area contributed by atoms with E-state index in [-0.39, 0.29) is 5.57 Å². The van der Waals surface area contributed by atoms with E-state index in [4.69, 9.17) is 16.9 Å². The summed E-state index contributed by atoms with van der Waals surface area (Å²) in [5.74, 6) is 0. The van der Waals surface area contributed by atoms with E-state index in [1.165, 1.54) is 11.8 Å². The number of halogens is 1. The highest BCUT2D eigenvalue weighted by Gasteiger charge is 2.24. The number of anilines is 1. The van der Waals surface area contributed by atoms with Crippen molar-refractivity contribution in [3.8, 4) is 6.07 Å². The van der Waals surface area contributed by atoms with Gasteiger partial charge in [-0.05, 0) is 18.2 Å². The second-order valence-electron chi connectivity index (χ2n) is 3.22. The first-order valence-electron chi connectivity index (χ1n) is 4.48. The van der Waals surface area contributed by atoms with Gasteiger partial charge in [0, 0.05) is 15.6 Å². The number of carbonyl (C=O) groups is 1. The number of nitriles is 1. The Morgan fingerprint density at radius 3 is 3.00 bits per heavy atom. The summed E-state index contributed by atoms with van der Waals surface area (Å²) in [6.07, 6.45) is 0.576. The summed E-state index contributed by atoms with van der Waals surface area (Å²) < 4.78 is 0. The van der Waals surface area contributed by atoms with Gasteiger partial charge >= 0.3 is 0 Å². The van der Waals surface area contributed by atoms with Crippen molar-refractivity contribution in [2.75, 3.05) is 4.81 Å². The molecule has 0 radical (unpaired) electrons. The fourth-order valence-corrected chi connectivity index (χ4v) is 2.87. The van der Waals surface area contributed by atoms with Gasteiger partial charge in [-0.2, -0.15) is 5.26 Å². The van der Waals surface area contributed by atoms with Gasteiger partial charge in [0.15, 0.2) is 6.29 Å². The lowest BCUT2D eigenvalue weighted by atomic mass is 10.2. The number of allylic oxidation sites excluding steroid dienone is 1. The highest BCUT2D eigenvalue weighted by atomic mass is 35.5. The Balaban J connectivity index is 2.53. The fraction of sp³-hybridized carbons (Fsp3) is 0. The molecule has 1 aliphatic rings. The summed E-state index contributed by atoms with van der Waals surface area (Å²) in [6.45, 7) is 0. The largest absolute Gasteiger partial charge is 0.386 e. The molecule has 0 atom stereocenters. The maximum atomic E-state index is 10.7. The van der Waals surface area contributed by atoms with Crippen molar-refractivity contribution in [1.29, 1.82) is 5.26 Å². The first-order valence-corrected chi connectivity index (χ1v) is 5.67. The highest BCUT2D eigenvalue weighted by Crippen LogP contribution is 2.46. The molecule has 0 aliphatic carbocycles. The van der Waals surface area contributed by atoms with E-state index in [9.17, 15) is 4.79 Å². The maximum Gasteiger partial charge on any atom is 0.224 e. The van der Waals surface area contributed by atoms with Crippen molar-refractivity contribution in [2.45, 2.75) is 4.90 Å². The average Bonchev–Trinajstić information content (AvgIpc) is 2.58. The molecule has 0 saturated carbocycles. The smallest absolute Gasteiger partial charge is 0.224 e. The predicted molar refractivity (Wildman–Crippen MR) is 67.0 cm³/mol. The summed E-state index contributed by atoms with van der Waals surface area (Å²) in [6, 6.07) is 7.37. The standard InChI is InChI=1S/C10H6BClN2OS/c11-14-8-2-1-7(12)3-9(8)16-10(14)6(4-13)5-15/h1-3,5H,11H2/b10-6-. The van der Waals surface area contributed by atoms with Gasteiger partial charge in [0.2, 0.25) is 7.98 Å². The lowest BCUT2D eigenvalue weighted by Gasteiger charge is -2.13. The van der Waals surface area contributed by atoms with Crippen LogP contribution in [0.2, 0.25) is 5.02 Å². The van der Waals surface area contributed by atoms with Crippen LogP contribution in [0.3, 0.4) is 0 Å². The Hall–Kier alpha value is -1.38. The third kappa shape index (κ3) is 1.71. The van der Waals surface area contributed by atoms with Crippen LogP contribution < -0.4 is 4.81 Å². The number of hydrogen-bond acceptors (Lipinski definition) is 4. The Morgan fingerprint density at radius 1 is 1.62 bits per heavy atom. The molecule has 1 aromatic rings. The van der Waals surface area contributed by atoms with Crippen LogP contribution in [0.5, 0.6) is 0 Å². The minimum Gasteiger partial charge on any atom is -0.386 e. The van der Waals surface area contributed by atoms with Crippen molar-refractivity contribution in [3.05, 3.63) is 33.8 Å². The molecule has 6 heteroatoms. The third-order valence-corrected chi connectivity index (χ3v) is 3.73. The zero-order valence-electron chi connectivity index (χ0n) is 8.40. The lowest BCUT2D eigenvalue weighted by Crippen LogP contribution is -2.14. The molecule has 1 aromatic carbocycles. The number of aldehydes is 1. The SMILES string of the molecule is BN1/C(=C(\C#N)C=O)Sc2cc(Cl)ccc21. The summed E-state index contributed by atoms with van der Waals surface area (Å²) >= 11 is 7.27. The number of carbonyl (C=O) groups excluding carboxylic acids is 1. The van der Waals surface area contributed by atoms with Crippen LogP contribution in [0.25, 0.3) is 0 Å². The van der Waals surface area contributed by atoms with E-state index >= 15 is 0 Å². The van der Waals surface area contributed by atoms with Crippen LogP contribution in [0, 0.1) is 11.3 Å². The quantitative estimate of drug-likeness (QED) is 0.329. The summed E-state index contributed by atoms with van der Waals surface area (Å²) in [7, 11) is 1.82. The molecule has 0 N–H and O–H groups in total. The van der Waals surface area contributed by atoms with E-state index in [0.29, 0.717) is 16.3 Å². The molecule has 3 nitrogen and oxygen atoms in total. The fourth-order valence-electron chi connectivity index (χ4n) is 1.49. The Bertz CT molecular complexity index is 538. The van der Waals surface area contributed by atoms with Crippen molar-refractivity contribution in [3.63, 3.8) is 0 Å². The van der Waals surface area contributed by atoms with E-state index < -0.39 is 0 Å². The minimum absolute atomic E-state index is 0.139. The minimum atomic E-state index is 0.139. The molecule has 1 aliphatic heterocycles. The normalized spacial score (nSPS) is 16.6. The summed E-state index contributed by atoms with van der Waals surface area (Å²) in [4.78, 5) is 13.5. The van der Waals surface area contributed by atoms with Gasteiger partial charge in [-0.25, -0.2) is 0 Å². The van der Waals surface area contributed by atoms with E-state index in [1.807, 2.05) is 31.0 Å². The molecule has 0 spiro atoms. The first kappa shape index (κ1) is 11.1. The first-order chi connectivity index (χ1) is 7.67. The molecule has 0 saturated heterocycles. The zero-order chi connectivity index (χ0) is 11.7. The lowest BCUT2D eigenvalue weighted by molar-refractivity contribution is -0.104. The van der Waals surface area contributed by atoms with Crippen molar-refractivity contribution in [2.24, 2.45) is 0 Å². The average molecular weight is 249 g/mol. The molecular weight excluding hydrogens is 242 g/mol. The van der Waals surface area contributed by atoms with Gasteiger partial charge in [0.1, 0.15) is 11.6 Å². The van der Waals surface area contributed by atoms with Gasteiger partial charge in [-0.1, -0.05) is 23.4 Å². The second kappa shape index (κ2) is 4.24. The topological polar surface area (TPSA) is 44.1 Å².